The molecule has 0 N–H and O–H groups in total. The molecule has 0 unspecified atom stereocenters. The zero-order chi connectivity index (χ0) is 25.1. The van der Waals surface area contributed by atoms with Crippen LogP contribution in [0, 0.1) is 5.82 Å². The lowest BCUT2D eigenvalue weighted by atomic mass is 10.1. The fraction of sp³-hybridized carbons (Fsp3) is 0.214. The SMILES string of the molecule is O=C(c1ccc(CS(=O)(=O)c2cccc3cccnc23)cc1)N1CCN(Cc2ccc(F)cc2)CC1. The molecule has 1 aliphatic rings. The number of hydrogen-bond donors (Lipinski definition) is 0. The Hall–Kier alpha value is -3.62. The Morgan fingerprint density at radius 1 is 0.833 bits per heavy atom. The Bertz CT molecular complexity index is 1480. The Balaban J connectivity index is 1.21. The predicted octanol–water partition coefficient (Wildman–Crippen LogP) is 4.31. The van der Waals surface area contributed by atoms with Crippen LogP contribution in [-0.4, -0.2) is 55.3 Å². The third-order valence-electron chi connectivity index (χ3n) is 6.47. The van der Waals surface area contributed by atoms with Gasteiger partial charge in [0.1, 0.15) is 5.82 Å². The largest absolute Gasteiger partial charge is 0.336 e. The van der Waals surface area contributed by atoms with E-state index in [2.05, 4.69) is 9.88 Å². The molecule has 0 spiro atoms. The van der Waals surface area contributed by atoms with Gasteiger partial charge in [0.25, 0.3) is 5.91 Å². The zero-order valence-electron chi connectivity index (χ0n) is 19.7. The van der Waals surface area contributed by atoms with Crippen molar-refractivity contribution in [3.8, 4) is 0 Å². The summed E-state index contributed by atoms with van der Waals surface area (Å²) in [7, 11) is -3.61. The summed E-state index contributed by atoms with van der Waals surface area (Å²) in [6.45, 7) is 3.39. The predicted molar refractivity (Wildman–Crippen MR) is 137 cm³/mol. The summed E-state index contributed by atoms with van der Waals surface area (Å²) in [6, 6.07) is 22.0. The number of pyridine rings is 1. The molecule has 184 valence electrons. The van der Waals surface area contributed by atoms with Crippen molar-refractivity contribution in [2.45, 2.75) is 17.2 Å². The van der Waals surface area contributed by atoms with E-state index in [4.69, 9.17) is 0 Å². The zero-order valence-corrected chi connectivity index (χ0v) is 20.5. The second-order valence-corrected chi connectivity index (χ2v) is 10.9. The molecule has 2 heterocycles. The van der Waals surface area contributed by atoms with Crippen LogP contribution < -0.4 is 0 Å². The number of hydrogen-bond acceptors (Lipinski definition) is 5. The minimum atomic E-state index is -3.61. The van der Waals surface area contributed by atoms with Crippen molar-refractivity contribution >= 4 is 26.6 Å². The van der Waals surface area contributed by atoms with Gasteiger partial charge in [-0.25, -0.2) is 12.8 Å². The van der Waals surface area contributed by atoms with E-state index in [1.54, 1.807) is 60.8 Å². The fourth-order valence-electron chi connectivity index (χ4n) is 4.51. The molecule has 5 rings (SSSR count). The maximum Gasteiger partial charge on any atom is 0.253 e. The van der Waals surface area contributed by atoms with Crippen LogP contribution in [0.5, 0.6) is 0 Å². The van der Waals surface area contributed by atoms with Crippen LogP contribution in [0.15, 0.2) is 90.0 Å². The standard InChI is InChI=1S/C28H26FN3O3S/c29-25-12-8-21(9-13-25)19-31-15-17-32(18-16-31)28(33)24-10-6-22(7-11-24)20-36(34,35)26-5-1-3-23-4-2-14-30-27(23)26/h1-14H,15-20H2. The number of benzene rings is 3. The summed E-state index contributed by atoms with van der Waals surface area (Å²) >= 11 is 0. The van der Waals surface area contributed by atoms with Gasteiger partial charge in [0, 0.05) is 49.9 Å². The first-order chi connectivity index (χ1) is 17.4. The van der Waals surface area contributed by atoms with Gasteiger partial charge >= 0.3 is 0 Å². The lowest BCUT2D eigenvalue weighted by Crippen LogP contribution is -2.48. The molecule has 0 saturated carbocycles. The highest BCUT2D eigenvalue weighted by Gasteiger charge is 2.23. The molecule has 1 saturated heterocycles. The van der Waals surface area contributed by atoms with Gasteiger partial charge < -0.3 is 4.90 Å². The van der Waals surface area contributed by atoms with Crippen molar-refractivity contribution in [3.63, 3.8) is 0 Å². The van der Waals surface area contributed by atoms with Gasteiger partial charge in [-0.15, -0.1) is 0 Å². The van der Waals surface area contributed by atoms with Crippen LogP contribution in [0.25, 0.3) is 10.9 Å². The van der Waals surface area contributed by atoms with E-state index in [1.807, 2.05) is 17.0 Å². The van der Waals surface area contributed by atoms with Crippen LogP contribution in [0.3, 0.4) is 0 Å². The molecule has 0 aliphatic carbocycles. The molecule has 0 atom stereocenters. The van der Waals surface area contributed by atoms with E-state index < -0.39 is 9.84 Å². The normalized spacial score (nSPS) is 14.8. The summed E-state index contributed by atoms with van der Waals surface area (Å²) < 4.78 is 39.4. The van der Waals surface area contributed by atoms with Crippen molar-refractivity contribution in [3.05, 3.63) is 108 Å². The molecule has 0 radical (unpaired) electrons. The van der Waals surface area contributed by atoms with Gasteiger partial charge in [-0.2, -0.15) is 0 Å². The van der Waals surface area contributed by atoms with Crippen LogP contribution in [0.1, 0.15) is 21.5 Å². The molecule has 1 fully saturated rings. The Morgan fingerprint density at radius 3 is 2.22 bits per heavy atom. The van der Waals surface area contributed by atoms with Crippen LogP contribution in [-0.2, 0) is 22.1 Å². The van der Waals surface area contributed by atoms with Crippen molar-refractivity contribution in [1.29, 1.82) is 0 Å². The summed E-state index contributed by atoms with van der Waals surface area (Å²) in [5.41, 5.74) is 2.66. The fourth-order valence-corrected chi connectivity index (χ4v) is 6.05. The molecule has 6 nitrogen and oxygen atoms in total. The number of fused-ring (bicyclic) bond motifs is 1. The Morgan fingerprint density at radius 2 is 1.50 bits per heavy atom. The lowest BCUT2D eigenvalue weighted by molar-refractivity contribution is 0.0628. The molecule has 8 heteroatoms. The summed E-state index contributed by atoms with van der Waals surface area (Å²) in [6.07, 6.45) is 1.59. The van der Waals surface area contributed by atoms with E-state index in [-0.39, 0.29) is 22.4 Å². The van der Waals surface area contributed by atoms with Crippen molar-refractivity contribution in [2.24, 2.45) is 0 Å². The summed E-state index contributed by atoms with van der Waals surface area (Å²) in [4.78, 5) is 21.5. The molecule has 1 aromatic heterocycles. The third-order valence-corrected chi connectivity index (χ3v) is 8.18. The van der Waals surface area contributed by atoms with Gasteiger partial charge in [0.15, 0.2) is 9.84 Å². The van der Waals surface area contributed by atoms with Crippen molar-refractivity contribution in [1.82, 2.24) is 14.8 Å². The highest BCUT2D eigenvalue weighted by molar-refractivity contribution is 7.90. The maximum atomic E-state index is 13.1. The van der Waals surface area contributed by atoms with E-state index in [0.29, 0.717) is 29.7 Å². The average Bonchev–Trinajstić information content (AvgIpc) is 2.90. The molecule has 4 aromatic rings. The summed E-state index contributed by atoms with van der Waals surface area (Å²) in [5, 5.41) is 0.775. The topological polar surface area (TPSA) is 70.6 Å². The van der Waals surface area contributed by atoms with Gasteiger partial charge in [0.05, 0.1) is 16.2 Å². The summed E-state index contributed by atoms with van der Waals surface area (Å²) in [5.74, 6) is -0.480. The number of piperazine rings is 1. The average molecular weight is 504 g/mol. The number of halogens is 1. The molecular formula is C28H26FN3O3S. The van der Waals surface area contributed by atoms with E-state index in [0.717, 1.165) is 30.6 Å². The molecule has 3 aromatic carbocycles. The van der Waals surface area contributed by atoms with Crippen molar-refractivity contribution in [2.75, 3.05) is 26.2 Å². The van der Waals surface area contributed by atoms with Gasteiger partial charge in [-0.1, -0.05) is 42.5 Å². The Labute approximate surface area is 209 Å². The minimum absolute atomic E-state index is 0.0657. The number of aromatic nitrogens is 1. The molecule has 0 bridgehead atoms. The van der Waals surface area contributed by atoms with Gasteiger partial charge in [-0.3, -0.25) is 14.7 Å². The van der Waals surface area contributed by atoms with Crippen LogP contribution >= 0.6 is 0 Å². The number of carbonyl (C=O) groups is 1. The first kappa shape index (κ1) is 24.1. The first-order valence-electron chi connectivity index (χ1n) is 11.8. The van der Waals surface area contributed by atoms with E-state index in [9.17, 15) is 17.6 Å². The number of carbonyl (C=O) groups excluding carboxylic acids is 1. The van der Waals surface area contributed by atoms with Gasteiger partial charge in [0.2, 0.25) is 0 Å². The smallest absolute Gasteiger partial charge is 0.253 e. The van der Waals surface area contributed by atoms with E-state index >= 15 is 0 Å². The quantitative estimate of drug-likeness (QED) is 0.392. The van der Waals surface area contributed by atoms with E-state index in [1.165, 1.54) is 12.1 Å². The highest BCUT2D eigenvalue weighted by Crippen LogP contribution is 2.24. The van der Waals surface area contributed by atoms with Crippen LogP contribution in [0.4, 0.5) is 4.39 Å². The molecule has 36 heavy (non-hydrogen) atoms. The second kappa shape index (κ2) is 10.2. The maximum absolute atomic E-state index is 13.1. The second-order valence-electron chi connectivity index (χ2n) is 8.98. The molecule has 1 aliphatic heterocycles. The monoisotopic (exact) mass is 503 g/mol. The van der Waals surface area contributed by atoms with Crippen LogP contribution in [0.2, 0.25) is 0 Å². The van der Waals surface area contributed by atoms with Crippen molar-refractivity contribution < 1.29 is 17.6 Å². The minimum Gasteiger partial charge on any atom is -0.336 e. The molecular weight excluding hydrogens is 477 g/mol. The number of amides is 1. The highest BCUT2D eigenvalue weighted by atomic mass is 32.2. The lowest BCUT2D eigenvalue weighted by Gasteiger charge is -2.34. The number of sulfone groups is 1. The number of para-hydroxylation sites is 1. The molecule has 1 amide bonds. The first-order valence-corrected chi connectivity index (χ1v) is 13.5. The number of nitrogens with zero attached hydrogens (tertiary/aromatic N) is 3. The Kier molecular flexibility index (Phi) is 6.80. The third kappa shape index (κ3) is 5.29. The number of rotatable bonds is 6. The van der Waals surface area contributed by atoms with Gasteiger partial charge in [-0.05, 0) is 47.5 Å².